The Balaban J connectivity index is 2.21. The maximum absolute atomic E-state index is 5.48. The molecule has 0 aromatic carbocycles. The summed E-state index contributed by atoms with van der Waals surface area (Å²) in [5, 5.41) is 6.29. The molecule has 1 aromatic heterocycles. The summed E-state index contributed by atoms with van der Waals surface area (Å²) in [7, 11) is 1.86. The van der Waals surface area contributed by atoms with Gasteiger partial charge in [-0.25, -0.2) is 4.98 Å². The van der Waals surface area contributed by atoms with Crippen LogP contribution >= 0.6 is 0 Å². The van der Waals surface area contributed by atoms with Gasteiger partial charge in [-0.1, -0.05) is 13.8 Å². The Kier molecular flexibility index (Phi) is 5.64. The molecule has 0 fully saturated rings. The van der Waals surface area contributed by atoms with Crippen molar-refractivity contribution in [1.29, 1.82) is 0 Å². The van der Waals surface area contributed by atoms with Crippen molar-refractivity contribution in [3.8, 4) is 0 Å². The number of nitrogens with zero attached hydrogens (tertiary/aromatic N) is 1. The highest BCUT2D eigenvalue weighted by Gasteiger charge is 1.96. The first-order valence-corrected chi connectivity index (χ1v) is 5.68. The molecule has 1 rings (SSSR count). The number of hydrogen-bond acceptors (Lipinski definition) is 4. The highest BCUT2D eigenvalue weighted by molar-refractivity contribution is 5.51. The van der Waals surface area contributed by atoms with Gasteiger partial charge in [0, 0.05) is 38.1 Å². The molecule has 1 heterocycles. The van der Waals surface area contributed by atoms with E-state index in [4.69, 9.17) is 4.74 Å². The Morgan fingerprint density at radius 1 is 1.44 bits per heavy atom. The molecule has 0 aliphatic carbocycles. The number of ether oxygens (including phenoxy) is 1. The second kappa shape index (κ2) is 7.06. The van der Waals surface area contributed by atoms with E-state index in [2.05, 4.69) is 29.5 Å². The van der Waals surface area contributed by atoms with Gasteiger partial charge in [-0.05, 0) is 12.0 Å². The van der Waals surface area contributed by atoms with E-state index in [0.717, 1.165) is 31.3 Å². The number of pyridine rings is 1. The molecule has 0 amide bonds. The summed E-state index contributed by atoms with van der Waals surface area (Å²) in [5.41, 5.74) is 1.06. The van der Waals surface area contributed by atoms with Gasteiger partial charge >= 0.3 is 0 Å². The van der Waals surface area contributed by atoms with Gasteiger partial charge in [0.25, 0.3) is 0 Å². The zero-order chi connectivity index (χ0) is 11.8. The second-order valence-corrected chi connectivity index (χ2v) is 4.08. The minimum Gasteiger partial charge on any atom is -0.383 e. The van der Waals surface area contributed by atoms with Gasteiger partial charge < -0.3 is 15.4 Å². The van der Waals surface area contributed by atoms with Crippen LogP contribution in [-0.4, -0.2) is 31.8 Å². The van der Waals surface area contributed by atoms with Crippen LogP contribution in [0.15, 0.2) is 18.3 Å². The van der Waals surface area contributed by atoms with E-state index in [1.54, 1.807) is 6.20 Å². The SMILES string of the molecule is CNc1cc(NCCOCC(C)C)ccn1. The standard InChI is InChI=1S/C12H21N3O/c1-10(2)9-16-7-6-14-11-4-5-15-12(8-11)13-3/h4-5,8,10H,6-7,9H2,1-3H3,(H2,13,14,15). The number of hydrogen-bond donors (Lipinski definition) is 2. The van der Waals surface area contributed by atoms with E-state index in [0.29, 0.717) is 5.92 Å². The fraction of sp³-hybridized carbons (Fsp3) is 0.583. The third-order valence-corrected chi connectivity index (χ3v) is 2.04. The van der Waals surface area contributed by atoms with Crippen LogP contribution in [0, 0.1) is 5.92 Å². The average molecular weight is 223 g/mol. The lowest BCUT2D eigenvalue weighted by atomic mass is 10.2. The van der Waals surface area contributed by atoms with Crippen molar-refractivity contribution in [3.05, 3.63) is 18.3 Å². The maximum Gasteiger partial charge on any atom is 0.127 e. The fourth-order valence-electron chi connectivity index (χ4n) is 1.26. The van der Waals surface area contributed by atoms with Crippen molar-refractivity contribution in [1.82, 2.24) is 4.98 Å². The molecule has 0 spiro atoms. The van der Waals surface area contributed by atoms with Crippen LogP contribution in [0.25, 0.3) is 0 Å². The van der Waals surface area contributed by atoms with Gasteiger partial charge in [0.05, 0.1) is 6.61 Å². The Morgan fingerprint density at radius 3 is 2.94 bits per heavy atom. The van der Waals surface area contributed by atoms with E-state index in [1.165, 1.54) is 0 Å². The molecule has 1 aromatic rings. The molecule has 90 valence electrons. The predicted molar refractivity (Wildman–Crippen MR) is 67.9 cm³/mol. The van der Waals surface area contributed by atoms with Crippen LogP contribution in [0.4, 0.5) is 11.5 Å². The summed E-state index contributed by atoms with van der Waals surface area (Å²) in [6.07, 6.45) is 1.78. The van der Waals surface area contributed by atoms with Crippen molar-refractivity contribution in [3.63, 3.8) is 0 Å². The molecular weight excluding hydrogens is 202 g/mol. The van der Waals surface area contributed by atoms with Gasteiger partial charge in [0.1, 0.15) is 5.82 Å². The Bertz CT molecular complexity index is 302. The number of rotatable bonds is 7. The number of aromatic nitrogens is 1. The molecule has 0 saturated carbocycles. The van der Waals surface area contributed by atoms with E-state index < -0.39 is 0 Å². The highest BCUT2D eigenvalue weighted by atomic mass is 16.5. The van der Waals surface area contributed by atoms with E-state index in [-0.39, 0.29) is 0 Å². The van der Waals surface area contributed by atoms with Crippen LogP contribution < -0.4 is 10.6 Å². The summed E-state index contributed by atoms with van der Waals surface area (Å²) in [6, 6.07) is 3.92. The summed E-state index contributed by atoms with van der Waals surface area (Å²) in [4.78, 5) is 4.14. The summed E-state index contributed by atoms with van der Waals surface area (Å²) >= 11 is 0. The maximum atomic E-state index is 5.48. The molecule has 0 atom stereocenters. The van der Waals surface area contributed by atoms with Crippen LogP contribution in [0.2, 0.25) is 0 Å². The molecule has 4 heteroatoms. The lowest BCUT2D eigenvalue weighted by Gasteiger charge is -2.09. The third kappa shape index (κ3) is 4.98. The van der Waals surface area contributed by atoms with Gasteiger partial charge in [-0.15, -0.1) is 0 Å². The minimum absolute atomic E-state index is 0.594. The van der Waals surface area contributed by atoms with Gasteiger partial charge in [-0.3, -0.25) is 0 Å². The zero-order valence-corrected chi connectivity index (χ0v) is 10.3. The van der Waals surface area contributed by atoms with Crippen LogP contribution in [0.5, 0.6) is 0 Å². The van der Waals surface area contributed by atoms with Crippen molar-refractivity contribution >= 4 is 11.5 Å². The monoisotopic (exact) mass is 223 g/mol. The van der Waals surface area contributed by atoms with E-state index in [1.807, 2.05) is 19.2 Å². The molecule has 0 radical (unpaired) electrons. The summed E-state index contributed by atoms with van der Waals surface area (Å²) in [6.45, 7) is 6.67. The quantitative estimate of drug-likeness (QED) is 0.696. The topological polar surface area (TPSA) is 46.2 Å². The summed E-state index contributed by atoms with van der Waals surface area (Å²) in [5.74, 6) is 1.46. The van der Waals surface area contributed by atoms with Crippen LogP contribution in [0.3, 0.4) is 0 Å². The normalized spacial score (nSPS) is 10.5. The minimum atomic E-state index is 0.594. The van der Waals surface area contributed by atoms with Gasteiger partial charge in [0.15, 0.2) is 0 Å². The molecule has 2 N–H and O–H groups in total. The lowest BCUT2D eigenvalue weighted by molar-refractivity contribution is 0.118. The Hall–Kier alpha value is -1.29. The molecule has 16 heavy (non-hydrogen) atoms. The molecule has 0 unspecified atom stereocenters. The Morgan fingerprint density at radius 2 is 2.25 bits per heavy atom. The molecule has 0 bridgehead atoms. The van der Waals surface area contributed by atoms with Crippen LogP contribution in [0.1, 0.15) is 13.8 Å². The largest absolute Gasteiger partial charge is 0.383 e. The molecule has 0 aliphatic rings. The van der Waals surface area contributed by atoms with Crippen molar-refractivity contribution in [2.45, 2.75) is 13.8 Å². The van der Waals surface area contributed by atoms with Gasteiger partial charge in [0.2, 0.25) is 0 Å². The molecular formula is C12H21N3O. The fourth-order valence-corrected chi connectivity index (χ4v) is 1.26. The average Bonchev–Trinajstić information content (AvgIpc) is 2.28. The molecule has 0 saturated heterocycles. The number of nitrogens with one attached hydrogen (secondary N) is 2. The lowest BCUT2D eigenvalue weighted by Crippen LogP contribution is -2.12. The smallest absolute Gasteiger partial charge is 0.127 e. The summed E-state index contributed by atoms with van der Waals surface area (Å²) < 4.78 is 5.48. The first kappa shape index (κ1) is 12.8. The van der Waals surface area contributed by atoms with Crippen LogP contribution in [-0.2, 0) is 4.74 Å². The van der Waals surface area contributed by atoms with Crippen molar-refractivity contribution in [2.75, 3.05) is 37.4 Å². The highest BCUT2D eigenvalue weighted by Crippen LogP contribution is 2.10. The first-order valence-electron chi connectivity index (χ1n) is 5.68. The van der Waals surface area contributed by atoms with E-state index in [9.17, 15) is 0 Å². The van der Waals surface area contributed by atoms with Crippen molar-refractivity contribution in [2.24, 2.45) is 5.92 Å². The van der Waals surface area contributed by atoms with Crippen molar-refractivity contribution < 1.29 is 4.74 Å². The third-order valence-electron chi connectivity index (χ3n) is 2.04. The van der Waals surface area contributed by atoms with E-state index >= 15 is 0 Å². The second-order valence-electron chi connectivity index (χ2n) is 4.08. The predicted octanol–water partition coefficient (Wildman–Crippen LogP) is 2.21. The molecule has 4 nitrogen and oxygen atoms in total. The first-order chi connectivity index (χ1) is 7.72. The molecule has 0 aliphatic heterocycles. The zero-order valence-electron chi connectivity index (χ0n) is 10.3. The van der Waals surface area contributed by atoms with Gasteiger partial charge in [-0.2, -0.15) is 0 Å². The number of anilines is 2. The Labute approximate surface area is 97.4 Å².